The summed E-state index contributed by atoms with van der Waals surface area (Å²) in [6.07, 6.45) is 0.950. The third-order valence-corrected chi connectivity index (χ3v) is 5.46. The molecule has 0 radical (unpaired) electrons. The van der Waals surface area contributed by atoms with Crippen LogP contribution in [0.4, 0.5) is 15.0 Å². The van der Waals surface area contributed by atoms with E-state index in [9.17, 15) is 14.4 Å². The monoisotopic (exact) mass is 474 g/mol. The Bertz CT molecular complexity index is 1140. The molecule has 0 saturated heterocycles. The maximum Gasteiger partial charge on any atom is 0.410 e. The molecule has 2 N–H and O–H groups in total. The number of nitriles is 1. The van der Waals surface area contributed by atoms with Crippen LogP contribution in [-0.2, 0) is 25.4 Å². The fraction of sp³-hybridized carbons (Fsp3) is 0.478. The van der Waals surface area contributed by atoms with E-state index in [2.05, 4.69) is 11.4 Å². The number of benzene rings is 1. The van der Waals surface area contributed by atoms with E-state index in [1.807, 2.05) is 20.8 Å². The second-order valence-corrected chi connectivity index (χ2v) is 9.11. The lowest BCUT2D eigenvalue weighted by Gasteiger charge is -2.27. The van der Waals surface area contributed by atoms with Gasteiger partial charge in [0.25, 0.3) is 0 Å². The maximum atomic E-state index is 13.2. The van der Waals surface area contributed by atoms with Crippen LogP contribution in [0.3, 0.4) is 0 Å². The van der Waals surface area contributed by atoms with E-state index in [1.54, 1.807) is 35.7 Å². The van der Waals surface area contributed by atoms with Gasteiger partial charge in [-0.1, -0.05) is 12.1 Å². The van der Waals surface area contributed by atoms with Gasteiger partial charge in [0, 0.05) is 33.7 Å². The summed E-state index contributed by atoms with van der Waals surface area (Å²) >= 11 is 5.33. The molecule has 0 atom stereocenters. The van der Waals surface area contributed by atoms with Gasteiger partial charge in [0.05, 0.1) is 0 Å². The van der Waals surface area contributed by atoms with Crippen molar-refractivity contribution < 1.29 is 13.9 Å². The molecule has 0 aliphatic rings. The summed E-state index contributed by atoms with van der Waals surface area (Å²) in [4.78, 5) is 14.3. The van der Waals surface area contributed by atoms with Crippen molar-refractivity contribution >= 4 is 24.1 Å². The lowest BCUT2D eigenvalue weighted by molar-refractivity contribution is 0.0231. The van der Waals surface area contributed by atoms with Crippen molar-refractivity contribution in [3.63, 3.8) is 0 Å². The van der Waals surface area contributed by atoms with Crippen molar-refractivity contribution in [3.8, 4) is 6.07 Å². The van der Waals surface area contributed by atoms with Crippen LogP contribution in [0.5, 0.6) is 0 Å². The summed E-state index contributed by atoms with van der Waals surface area (Å²) in [5.41, 5.74) is 0.463. The number of amides is 1. The van der Waals surface area contributed by atoms with E-state index in [1.165, 1.54) is 16.7 Å². The molecule has 0 unspecified atom stereocenters. The molecule has 0 bridgehead atoms. The number of nitrogens with one attached hydrogen (secondary N) is 2. The molecule has 0 aliphatic carbocycles. The first-order valence-electron chi connectivity index (χ1n) is 10.7. The molecule has 2 aromatic rings. The summed E-state index contributed by atoms with van der Waals surface area (Å²) in [6, 6.07) is 8.10. The third-order valence-electron chi connectivity index (χ3n) is 4.92. The summed E-state index contributed by atoms with van der Waals surface area (Å²) in [7, 11) is 3.40. The average Bonchev–Trinajstić information content (AvgIpc) is 2.74. The Hall–Kier alpha value is -3.19. The van der Waals surface area contributed by atoms with Crippen LogP contribution in [0.25, 0.3) is 0 Å². The van der Waals surface area contributed by atoms with Crippen molar-refractivity contribution in [2.75, 3.05) is 18.4 Å². The molecule has 1 aromatic carbocycles. The highest BCUT2D eigenvalue weighted by Gasteiger charge is 2.22. The fourth-order valence-electron chi connectivity index (χ4n) is 3.18. The number of halogens is 1. The Labute approximate surface area is 198 Å². The Morgan fingerprint density at radius 3 is 2.45 bits per heavy atom. The van der Waals surface area contributed by atoms with Gasteiger partial charge in [0.2, 0.25) is 0 Å². The van der Waals surface area contributed by atoms with E-state index >= 15 is 0 Å². The topological polar surface area (TPSA) is 99.1 Å². The van der Waals surface area contributed by atoms with E-state index in [4.69, 9.17) is 22.4 Å². The van der Waals surface area contributed by atoms with Crippen LogP contribution < -0.4 is 10.8 Å². The van der Waals surface area contributed by atoms with Gasteiger partial charge < -0.3 is 24.1 Å². The number of unbranched alkanes of at least 4 members (excludes halogenated alkanes) is 1. The molecule has 1 heterocycles. The smallest absolute Gasteiger partial charge is 0.410 e. The third kappa shape index (κ3) is 7.15. The van der Waals surface area contributed by atoms with Gasteiger partial charge in [-0.3, -0.25) is 5.41 Å². The second kappa shape index (κ2) is 11.1. The summed E-state index contributed by atoms with van der Waals surface area (Å²) in [5.74, 6) is 0.173. The molecule has 2 rings (SSSR count). The number of ether oxygens (including phenoxy) is 1. The van der Waals surface area contributed by atoms with Gasteiger partial charge in [-0.15, -0.1) is 0 Å². The van der Waals surface area contributed by atoms with Crippen LogP contribution in [0.1, 0.15) is 44.7 Å². The zero-order valence-corrected chi connectivity index (χ0v) is 20.6. The van der Waals surface area contributed by atoms with Gasteiger partial charge in [-0.25, -0.2) is 9.18 Å². The molecule has 0 saturated carbocycles. The van der Waals surface area contributed by atoms with E-state index in [0.29, 0.717) is 43.1 Å². The Kier molecular flexibility index (Phi) is 8.76. The Balaban J connectivity index is 2.03. The van der Waals surface area contributed by atoms with Gasteiger partial charge in [0.15, 0.2) is 4.77 Å². The van der Waals surface area contributed by atoms with Gasteiger partial charge in [-0.2, -0.15) is 5.26 Å². The zero-order chi connectivity index (χ0) is 24.8. The maximum absolute atomic E-state index is 13.2. The highest BCUT2D eigenvalue weighted by molar-refractivity contribution is 7.71. The molecule has 8 nitrogen and oxygen atoms in total. The van der Waals surface area contributed by atoms with Crippen LogP contribution in [0, 0.1) is 27.3 Å². The molecular weight excluding hydrogens is 443 g/mol. The van der Waals surface area contributed by atoms with Crippen LogP contribution >= 0.6 is 12.2 Å². The first-order valence-corrected chi connectivity index (χ1v) is 11.1. The lowest BCUT2D eigenvalue weighted by atomic mass is 10.2. The number of hydrogen-bond donors (Lipinski definition) is 2. The number of aromatic nitrogens is 2. The second-order valence-electron chi connectivity index (χ2n) is 8.75. The fourth-order valence-corrected chi connectivity index (χ4v) is 3.37. The zero-order valence-electron chi connectivity index (χ0n) is 19.7. The average molecular weight is 475 g/mol. The first kappa shape index (κ1) is 26.1. The molecule has 1 amide bonds. The minimum Gasteiger partial charge on any atom is -0.444 e. The minimum absolute atomic E-state index is 0.0542. The number of hydrogen-bond acceptors (Lipinski definition) is 6. The number of nitrogens with zero attached hydrogens (tertiary/aromatic N) is 4. The number of carbonyl (C=O) groups is 1. The lowest BCUT2D eigenvalue weighted by Crippen LogP contribution is -2.37. The molecule has 0 spiro atoms. The van der Waals surface area contributed by atoms with Crippen molar-refractivity contribution in [1.29, 1.82) is 10.7 Å². The summed E-state index contributed by atoms with van der Waals surface area (Å²) in [6.45, 7) is 6.73. The Morgan fingerprint density at radius 2 is 1.88 bits per heavy atom. The number of carbonyl (C=O) groups excluding carboxylic acids is 1. The predicted molar refractivity (Wildman–Crippen MR) is 127 cm³/mol. The molecular formula is C23H31FN6O2S. The van der Waals surface area contributed by atoms with Crippen molar-refractivity contribution in [2.45, 2.75) is 45.8 Å². The molecule has 0 aliphatic heterocycles. The van der Waals surface area contributed by atoms with Crippen molar-refractivity contribution in [1.82, 2.24) is 14.0 Å². The normalized spacial score (nSPS) is 11.1. The van der Waals surface area contributed by atoms with Gasteiger partial charge in [-0.05, 0) is 63.5 Å². The van der Waals surface area contributed by atoms with E-state index in [-0.39, 0.29) is 16.9 Å². The van der Waals surface area contributed by atoms with Gasteiger partial charge in [0.1, 0.15) is 34.4 Å². The van der Waals surface area contributed by atoms with Crippen molar-refractivity contribution in [2.24, 2.45) is 14.1 Å². The Morgan fingerprint density at radius 1 is 1.24 bits per heavy atom. The molecule has 0 fully saturated rings. The van der Waals surface area contributed by atoms with Crippen LogP contribution in [0.15, 0.2) is 24.3 Å². The summed E-state index contributed by atoms with van der Waals surface area (Å²) < 4.78 is 22.3. The standard InChI is InChI=1S/C23H31FN6O2S/c1-23(2,3)32-22(31)30(15-16-8-10-17(24)11-9-16)13-7-6-12-27-20-18(14-25)19(26)28(4)21(33)29(20)5/h8-11,26-27H,6-7,12-13,15H2,1-5H3. The van der Waals surface area contributed by atoms with Crippen molar-refractivity contribution in [3.05, 3.63) is 51.5 Å². The molecule has 1 aromatic heterocycles. The molecule has 33 heavy (non-hydrogen) atoms. The quantitative estimate of drug-likeness (QED) is 0.441. The molecule has 10 heteroatoms. The van der Waals surface area contributed by atoms with Crippen LogP contribution in [-0.4, -0.2) is 38.8 Å². The highest BCUT2D eigenvalue weighted by atomic mass is 32.1. The number of anilines is 1. The first-order chi connectivity index (χ1) is 15.4. The minimum atomic E-state index is -0.624. The largest absolute Gasteiger partial charge is 0.444 e. The van der Waals surface area contributed by atoms with Gasteiger partial charge >= 0.3 is 6.09 Å². The highest BCUT2D eigenvalue weighted by Crippen LogP contribution is 2.15. The number of rotatable bonds is 8. The van der Waals surface area contributed by atoms with Crippen LogP contribution in [0.2, 0.25) is 0 Å². The SMILES string of the molecule is Cn1c(NCCCCN(Cc2ccc(F)cc2)C(=O)OC(C)(C)C)c(C#N)c(=N)n(C)c1=S. The van der Waals surface area contributed by atoms with E-state index in [0.717, 1.165) is 5.56 Å². The molecule has 178 valence electrons. The van der Waals surface area contributed by atoms with E-state index < -0.39 is 11.7 Å². The summed E-state index contributed by atoms with van der Waals surface area (Å²) in [5, 5.41) is 20.8. The predicted octanol–water partition coefficient (Wildman–Crippen LogP) is 4.21.